The molecule has 0 aliphatic carbocycles. The van der Waals surface area contributed by atoms with Crippen molar-refractivity contribution in [2.24, 2.45) is 5.73 Å². The number of amides is 1. The third-order valence-electron chi connectivity index (χ3n) is 3.06. The largest absolute Gasteiger partial charge is 0.325 e. The lowest BCUT2D eigenvalue weighted by atomic mass is 10.1. The van der Waals surface area contributed by atoms with Crippen molar-refractivity contribution >= 4 is 15.9 Å². The summed E-state index contributed by atoms with van der Waals surface area (Å²) in [5.74, 6) is -0.219. The number of carbonyl (C=O) groups excluding carboxylic acids is 1. The van der Waals surface area contributed by atoms with Crippen LogP contribution in [0.2, 0.25) is 0 Å². The Kier molecular flexibility index (Phi) is 5.72. The first-order chi connectivity index (χ1) is 8.85. The number of nitrogens with zero attached hydrogens (tertiary/aromatic N) is 2. The first-order valence-corrected chi connectivity index (χ1v) is 8.14. The highest BCUT2D eigenvalue weighted by Gasteiger charge is 2.31. The first-order valence-electron chi connectivity index (χ1n) is 6.25. The van der Waals surface area contributed by atoms with Crippen molar-refractivity contribution in [1.29, 1.82) is 5.26 Å². The number of likely N-dealkylation sites (tertiary alicyclic amines) is 1. The van der Waals surface area contributed by atoms with Crippen molar-refractivity contribution in [3.8, 4) is 6.07 Å². The normalized spacial score (nSPS) is 21.1. The molecule has 0 spiro atoms. The van der Waals surface area contributed by atoms with Crippen LogP contribution in [0.1, 0.15) is 25.7 Å². The van der Waals surface area contributed by atoms with Crippen molar-refractivity contribution in [2.75, 3.05) is 19.3 Å². The van der Waals surface area contributed by atoms with E-state index in [1.54, 1.807) is 0 Å². The number of nitriles is 1. The maximum absolute atomic E-state index is 12.0. The van der Waals surface area contributed by atoms with Gasteiger partial charge in [-0.3, -0.25) is 4.79 Å². The van der Waals surface area contributed by atoms with Gasteiger partial charge in [-0.1, -0.05) is 0 Å². The molecule has 0 saturated carbocycles. The highest BCUT2D eigenvalue weighted by Crippen LogP contribution is 2.17. The summed E-state index contributed by atoms with van der Waals surface area (Å²) in [6, 6.07) is 1.06. The van der Waals surface area contributed by atoms with E-state index in [1.807, 2.05) is 0 Å². The highest BCUT2D eigenvalue weighted by atomic mass is 32.2. The molecular weight excluding hydrogens is 268 g/mol. The summed E-state index contributed by atoms with van der Waals surface area (Å²) in [7, 11) is -3.20. The number of nitrogens with one attached hydrogen (secondary N) is 1. The molecule has 1 saturated heterocycles. The minimum absolute atomic E-state index is 0.219. The second-order valence-corrected chi connectivity index (χ2v) is 6.57. The van der Waals surface area contributed by atoms with Crippen molar-refractivity contribution < 1.29 is 13.2 Å². The van der Waals surface area contributed by atoms with Crippen LogP contribution in [0.15, 0.2) is 0 Å². The van der Waals surface area contributed by atoms with Crippen molar-refractivity contribution in [3.63, 3.8) is 0 Å². The van der Waals surface area contributed by atoms with Gasteiger partial charge in [0.1, 0.15) is 6.04 Å². The van der Waals surface area contributed by atoms with Gasteiger partial charge in [0.25, 0.3) is 0 Å². The van der Waals surface area contributed by atoms with Gasteiger partial charge < -0.3 is 10.6 Å². The topological polar surface area (TPSA) is 116 Å². The lowest BCUT2D eigenvalue weighted by molar-refractivity contribution is -0.132. The van der Waals surface area contributed by atoms with Crippen LogP contribution in [0, 0.1) is 11.3 Å². The average molecular weight is 288 g/mol. The van der Waals surface area contributed by atoms with Crippen LogP contribution in [0.3, 0.4) is 0 Å². The lowest BCUT2D eigenvalue weighted by Gasteiger charge is -2.23. The molecular formula is C11H20N4O3S. The van der Waals surface area contributed by atoms with Gasteiger partial charge in [-0.25, -0.2) is 13.1 Å². The maximum atomic E-state index is 12.0. The molecule has 1 aliphatic rings. The van der Waals surface area contributed by atoms with Crippen LogP contribution >= 0.6 is 0 Å². The summed E-state index contributed by atoms with van der Waals surface area (Å²) in [4.78, 5) is 13.5. The zero-order valence-corrected chi connectivity index (χ0v) is 11.8. The van der Waals surface area contributed by atoms with Gasteiger partial charge in [-0.15, -0.1) is 0 Å². The molecule has 8 heteroatoms. The number of hydrogen-bond donors (Lipinski definition) is 2. The smallest absolute Gasteiger partial charge is 0.240 e. The summed E-state index contributed by atoms with van der Waals surface area (Å²) >= 11 is 0. The van der Waals surface area contributed by atoms with Crippen LogP contribution in [0.4, 0.5) is 0 Å². The number of carbonyl (C=O) groups is 1. The molecule has 7 nitrogen and oxygen atoms in total. The maximum Gasteiger partial charge on any atom is 0.240 e. The van der Waals surface area contributed by atoms with E-state index in [0.717, 1.165) is 12.7 Å². The first kappa shape index (κ1) is 15.9. The number of hydrogen-bond acceptors (Lipinski definition) is 5. The van der Waals surface area contributed by atoms with Crippen LogP contribution < -0.4 is 10.5 Å². The SMILES string of the molecule is CS(=O)(=O)NCCC[C@H](N)C(=O)N1CCC[C@H]1C#N. The fraction of sp³-hybridized carbons (Fsp3) is 0.818. The standard InChI is InChI=1S/C11H20N4O3S/c1-19(17,18)14-6-2-5-10(13)11(16)15-7-3-4-9(15)8-12/h9-10,14H,2-7,13H2,1H3/t9-,10-/m0/s1. The molecule has 1 aliphatic heterocycles. The van der Waals surface area contributed by atoms with Gasteiger partial charge in [-0.2, -0.15) is 5.26 Å². The molecule has 19 heavy (non-hydrogen) atoms. The predicted octanol–water partition coefficient (Wildman–Crippen LogP) is -0.842. The van der Waals surface area contributed by atoms with Gasteiger partial charge in [-0.05, 0) is 25.7 Å². The molecule has 1 fully saturated rings. The van der Waals surface area contributed by atoms with Crippen LogP contribution in [-0.2, 0) is 14.8 Å². The molecule has 1 heterocycles. The molecule has 0 aromatic rings. The van der Waals surface area contributed by atoms with E-state index in [2.05, 4.69) is 10.8 Å². The quantitative estimate of drug-likeness (QED) is 0.618. The molecule has 1 rings (SSSR count). The number of rotatable bonds is 6. The molecule has 3 N–H and O–H groups in total. The van der Waals surface area contributed by atoms with E-state index in [-0.39, 0.29) is 18.5 Å². The summed E-state index contributed by atoms with van der Waals surface area (Å²) in [6.45, 7) is 0.841. The van der Waals surface area contributed by atoms with Crippen molar-refractivity contribution in [1.82, 2.24) is 9.62 Å². The van der Waals surface area contributed by atoms with E-state index in [4.69, 9.17) is 11.0 Å². The molecule has 0 aromatic heterocycles. The number of nitrogens with two attached hydrogens (primary N) is 1. The van der Waals surface area contributed by atoms with Gasteiger partial charge in [0.05, 0.1) is 18.4 Å². The number of sulfonamides is 1. The fourth-order valence-electron chi connectivity index (χ4n) is 2.08. The molecule has 0 unspecified atom stereocenters. The van der Waals surface area contributed by atoms with Crippen LogP contribution in [0.5, 0.6) is 0 Å². The van der Waals surface area contributed by atoms with Crippen molar-refractivity contribution in [2.45, 2.75) is 37.8 Å². The molecule has 2 atom stereocenters. The summed E-state index contributed by atoms with van der Waals surface area (Å²) in [5, 5.41) is 8.91. The third-order valence-corrected chi connectivity index (χ3v) is 3.79. The third kappa shape index (κ3) is 5.14. The fourth-order valence-corrected chi connectivity index (χ4v) is 2.60. The zero-order valence-electron chi connectivity index (χ0n) is 11.0. The molecule has 0 bridgehead atoms. The Hall–Kier alpha value is -1.17. The Morgan fingerprint density at radius 2 is 2.32 bits per heavy atom. The van der Waals surface area contributed by atoms with Gasteiger partial charge in [0, 0.05) is 13.1 Å². The Morgan fingerprint density at radius 3 is 2.89 bits per heavy atom. The Balaban J connectivity index is 2.35. The minimum atomic E-state index is -3.20. The van der Waals surface area contributed by atoms with E-state index in [1.165, 1.54) is 4.90 Å². The second-order valence-electron chi connectivity index (χ2n) is 4.73. The average Bonchev–Trinajstić information content (AvgIpc) is 2.80. The predicted molar refractivity (Wildman–Crippen MR) is 70.4 cm³/mol. The lowest BCUT2D eigenvalue weighted by Crippen LogP contribution is -2.45. The highest BCUT2D eigenvalue weighted by molar-refractivity contribution is 7.88. The Bertz CT molecular complexity index is 457. The minimum Gasteiger partial charge on any atom is -0.325 e. The summed E-state index contributed by atoms with van der Waals surface area (Å²) in [6.07, 6.45) is 3.50. The van der Waals surface area contributed by atoms with Gasteiger partial charge in [0.15, 0.2) is 0 Å². The van der Waals surface area contributed by atoms with Crippen LogP contribution in [-0.4, -0.2) is 50.7 Å². The van der Waals surface area contributed by atoms with Crippen molar-refractivity contribution in [3.05, 3.63) is 0 Å². The van der Waals surface area contributed by atoms with Crippen LogP contribution in [0.25, 0.3) is 0 Å². The Labute approximate surface area is 113 Å². The van der Waals surface area contributed by atoms with Gasteiger partial charge >= 0.3 is 0 Å². The molecule has 108 valence electrons. The second kappa shape index (κ2) is 6.84. The monoisotopic (exact) mass is 288 g/mol. The van der Waals surface area contributed by atoms with Gasteiger partial charge in [0.2, 0.25) is 15.9 Å². The zero-order chi connectivity index (χ0) is 14.5. The van der Waals surface area contributed by atoms with E-state index in [0.29, 0.717) is 25.8 Å². The van der Waals surface area contributed by atoms with E-state index in [9.17, 15) is 13.2 Å². The molecule has 0 radical (unpaired) electrons. The molecule has 1 amide bonds. The molecule has 0 aromatic carbocycles. The summed E-state index contributed by atoms with van der Waals surface area (Å²) in [5.41, 5.74) is 5.79. The van der Waals surface area contributed by atoms with E-state index >= 15 is 0 Å². The van der Waals surface area contributed by atoms with E-state index < -0.39 is 16.1 Å². The summed E-state index contributed by atoms with van der Waals surface area (Å²) < 4.78 is 24.0. The Morgan fingerprint density at radius 1 is 1.63 bits per heavy atom.